The van der Waals surface area contributed by atoms with E-state index in [0.29, 0.717) is 6.10 Å². The molecule has 18 heavy (non-hydrogen) atoms. The molecule has 3 nitrogen and oxygen atoms in total. The molecular formula is C15H27NO2. The van der Waals surface area contributed by atoms with Gasteiger partial charge in [0, 0.05) is 20.2 Å². The van der Waals surface area contributed by atoms with Gasteiger partial charge in [0.25, 0.3) is 0 Å². The number of rotatable bonds is 5. The zero-order valence-electron chi connectivity index (χ0n) is 11.6. The first-order valence-corrected chi connectivity index (χ1v) is 7.70. The maximum absolute atomic E-state index is 6.51. The molecule has 0 aromatic carbocycles. The number of nitrogens with one attached hydrogen (secondary N) is 1. The molecule has 2 aliphatic carbocycles. The van der Waals surface area contributed by atoms with E-state index in [9.17, 15) is 0 Å². The highest BCUT2D eigenvalue weighted by Crippen LogP contribution is 2.44. The van der Waals surface area contributed by atoms with Gasteiger partial charge in [-0.25, -0.2) is 0 Å². The Morgan fingerprint density at radius 2 is 2.00 bits per heavy atom. The summed E-state index contributed by atoms with van der Waals surface area (Å²) >= 11 is 0. The molecule has 1 N–H and O–H groups in total. The second-order valence-electron chi connectivity index (χ2n) is 6.53. The van der Waals surface area contributed by atoms with Crippen molar-refractivity contribution in [2.45, 2.75) is 56.7 Å². The van der Waals surface area contributed by atoms with Gasteiger partial charge >= 0.3 is 0 Å². The summed E-state index contributed by atoms with van der Waals surface area (Å²) in [6, 6.07) is 0. The number of hydrogen-bond acceptors (Lipinski definition) is 3. The van der Waals surface area contributed by atoms with Crippen molar-refractivity contribution >= 4 is 0 Å². The van der Waals surface area contributed by atoms with Gasteiger partial charge in [0.15, 0.2) is 0 Å². The summed E-state index contributed by atoms with van der Waals surface area (Å²) in [6.45, 7) is 2.77. The Hall–Kier alpha value is -0.120. The Labute approximate surface area is 111 Å². The molecule has 1 heterocycles. The summed E-state index contributed by atoms with van der Waals surface area (Å²) in [4.78, 5) is 0. The van der Waals surface area contributed by atoms with Crippen LogP contribution >= 0.6 is 0 Å². The summed E-state index contributed by atoms with van der Waals surface area (Å²) in [6.07, 6.45) is 10.00. The normalized spacial score (nSPS) is 38.2. The van der Waals surface area contributed by atoms with Gasteiger partial charge in [0.05, 0.1) is 12.7 Å². The van der Waals surface area contributed by atoms with Crippen LogP contribution in [0.5, 0.6) is 0 Å². The second kappa shape index (κ2) is 5.48. The smallest absolute Gasteiger partial charge is 0.107 e. The van der Waals surface area contributed by atoms with Gasteiger partial charge in [0.1, 0.15) is 5.60 Å². The van der Waals surface area contributed by atoms with Crippen LogP contribution < -0.4 is 5.32 Å². The monoisotopic (exact) mass is 253 g/mol. The highest BCUT2D eigenvalue weighted by Gasteiger charge is 2.49. The van der Waals surface area contributed by atoms with Crippen molar-refractivity contribution in [3.05, 3.63) is 0 Å². The molecule has 0 amide bonds. The minimum atomic E-state index is -0.0176. The quantitative estimate of drug-likeness (QED) is 0.816. The lowest BCUT2D eigenvalue weighted by atomic mass is 9.93. The lowest BCUT2D eigenvalue weighted by Gasteiger charge is -2.42. The minimum absolute atomic E-state index is 0.0176. The van der Waals surface area contributed by atoms with Crippen LogP contribution in [-0.4, -0.2) is 38.5 Å². The van der Waals surface area contributed by atoms with Gasteiger partial charge in [-0.15, -0.1) is 0 Å². The van der Waals surface area contributed by atoms with Crippen LogP contribution in [0.2, 0.25) is 0 Å². The van der Waals surface area contributed by atoms with Crippen molar-refractivity contribution < 1.29 is 9.47 Å². The summed E-state index contributed by atoms with van der Waals surface area (Å²) in [5.41, 5.74) is -0.0176. The van der Waals surface area contributed by atoms with Gasteiger partial charge in [-0.05, 0) is 31.1 Å². The van der Waals surface area contributed by atoms with Gasteiger partial charge in [-0.1, -0.05) is 25.7 Å². The average Bonchev–Trinajstić information content (AvgIpc) is 3.11. The standard InChI is InChI=1S/C15H27NO2/c1-17-11-15(13-6-7-13)10-16-9-14(18-15)8-12-4-2-3-5-12/h12-14,16H,2-11H2,1H3. The molecule has 3 rings (SSSR count). The summed E-state index contributed by atoms with van der Waals surface area (Å²) < 4.78 is 12.0. The molecule has 0 spiro atoms. The first-order chi connectivity index (χ1) is 8.82. The fraction of sp³-hybridized carbons (Fsp3) is 1.00. The fourth-order valence-electron chi connectivity index (χ4n) is 3.91. The minimum Gasteiger partial charge on any atom is -0.382 e. The Morgan fingerprint density at radius 1 is 1.22 bits per heavy atom. The van der Waals surface area contributed by atoms with Gasteiger partial charge < -0.3 is 14.8 Å². The van der Waals surface area contributed by atoms with Crippen LogP contribution in [0.3, 0.4) is 0 Å². The van der Waals surface area contributed by atoms with E-state index in [1.807, 2.05) is 0 Å². The van der Waals surface area contributed by atoms with E-state index < -0.39 is 0 Å². The number of morpholine rings is 1. The predicted molar refractivity (Wildman–Crippen MR) is 71.6 cm³/mol. The molecule has 3 aliphatic rings. The molecule has 0 aromatic rings. The van der Waals surface area contributed by atoms with Gasteiger partial charge in [0.2, 0.25) is 0 Å². The molecule has 0 radical (unpaired) electrons. The van der Waals surface area contributed by atoms with Crippen molar-refractivity contribution in [1.82, 2.24) is 5.32 Å². The van der Waals surface area contributed by atoms with E-state index in [0.717, 1.165) is 31.5 Å². The largest absolute Gasteiger partial charge is 0.382 e. The van der Waals surface area contributed by atoms with E-state index in [-0.39, 0.29) is 5.60 Å². The Kier molecular flexibility index (Phi) is 3.92. The fourth-order valence-corrected chi connectivity index (χ4v) is 3.91. The molecule has 0 aromatic heterocycles. The summed E-state index contributed by atoms with van der Waals surface area (Å²) in [7, 11) is 1.80. The average molecular weight is 253 g/mol. The van der Waals surface area contributed by atoms with E-state index in [4.69, 9.17) is 9.47 Å². The third-order valence-corrected chi connectivity index (χ3v) is 4.98. The molecule has 3 heteroatoms. The highest BCUT2D eigenvalue weighted by molar-refractivity contribution is 5.01. The van der Waals surface area contributed by atoms with Crippen molar-refractivity contribution in [3.63, 3.8) is 0 Å². The lowest BCUT2D eigenvalue weighted by Crippen LogP contribution is -2.57. The summed E-state index contributed by atoms with van der Waals surface area (Å²) in [5.74, 6) is 1.64. The number of hydrogen-bond donors (Lipinski definition) is 1. The maximum Gasteiger partial charge on any atom is 0.107 e. The molecule has 2 atom stereocenters. The van der Waals surface area contributed by atoms with Crippen molar-refractivity contribution in [3.8, 4) is 0 Å². The highest BCUT2D eigenvalue weighted by atomic mass is 16.5. The van der Waals surface area contributed by atoms with Gasteiger partial charge in [-0.3, -0.25) is 0 Å². The number of methoxy groups -OCH3 is 1. The van der Waals surface area contributed by atoms with E-state index >= 15 is 0 Å². The van der Waals surface area contributed by atoms with E-state index in [1.165, 1.54) is 44.9 Å². The molecule has 1 saturated heterocycles. The van der Waals surface area contributed by atoms with E-state index in [1.54, 1.807) is 7.11 Å². The lowest BCUT2D eigenvalue weighted by molar-refractivity contribution is -0.161. The topological polar surface area (TPSA) is 30.5 Å². The van der Waals surface area contributed by atoms with Crippen molar-refractivity contribution in [2.24, 2.45) is 11.8 Å². The SMILES string of the molecule is COCC1(C2CC2)CNCC(CC2CCCC2)O1. The van der Waals surface area contributed by atoms with Crippen LogP contribution in [0.1, 0.15) is 44.9 Å². The molecule has 2 unspecified atom stereocenters. The Bertz CT molecular complexity index is 270. The molecular weight excluding hydrogens is 226 g/mol. The van der Waals surface area contributed by atoms with Gasteiger partial charge in [-0.2, -0.15) is 0 Å². The van der Waals surface area contributed by atoms with Crippen molar-refractivity contribution in [2.75, 3.05) is 26.8 Å². The molecule has 1 aliphatic heterocycles. The maximum atomic E-state index is 6.51. The first-order valence-electron chi connectivity index (χ1n) is 7.70. The molecule has 104 valence electrons. The van der Waals surface area contributed by atoms with Crippen LogP contribution in [0.25, 0.3) is 0 Å². The van der Waals surface area contributed by atoms with Crippen LogP contribution in [0.15, 0.2) is 0 Å². The second-order valence-corrected chi connectivity index (χ2v) is 6.53. The van der Waals surface area contributed by atoms with Crippen LogP contribution in [0.4, 0.5) is 0 Å². The Morgan fingerprint density at radius 3 is 2.67 bits per heavy atom. The third-order valence-electron chi connectivity index (χ3n) is 4.98. The number of ether oxygens (including phenoxy) is 2. The van der Waals surface area contributed by atoms with Crippen LogP contribution in [0, 0.1) is 11.8 Å². The molecule has 0 bridgehead atoms. The Balaban J connectivity index is 1.58. The predicted octanol–water partition coefficient (Wildman–Crippen LogP) is 2.35. The summed E-state index contributed by atoms with van der Waals surface area (Å²) in [5, 5.41) is 3.60. The zero-order valence-corrected chi connectivity index (χ0v) is 11.6. The first kappa shape index (κ1) is 12.9. The van der Waals surface area contributed by atoms with E-state index in [2.05, 4.69) is 5.32 Å². The third kappa shape index (κ3) is 2.73. The molecule has 2 saturated carbocycles. The van der Waals surface area contributed by atoms with Crippen LogP contribution in [-0.2, 0) is 9.47 Å². The van der Waals surface area contributed by atoms with Crippen molar-refractivity contribution in [1.29, 1.82) is 0 Å². The molecule has 3 fully saturated rings. The zero-order chi connectivity index (χ0) is 12.4.